The summed E-state index contributed by atoms with van der Waals surface area (Å²) < 4.78 is 49.0. The van der Waals surface area contributed by atoms with Crippen molar-refractivity contribution < 1.29 is 93.2 Å². The molecule has 15 nitrogen and oxygen atoms in total. The van der Waals surface area contributed by atoms with Gasteiger partial charge in [0.15, 0.2) is 0 Å². The van der Waals surface area contributed by atoms with Gasteiger partial charge in [0.05, 0.1) is 33.8 Å². The standard InChI is InChI=1S/C48H64N6O9S.K/c1-3-30-26-48(30,45(57)53-64(59,60)47(2)20-21-47)52-42(55)38-25-34-27-54(38)44(56)40(28-12-6-4-7-13-28)51-46(58)63-39-22-29(39)14-8-5-9-16-36-41(61-33-23-31-18-19-32(24-33)49-31)35-15-10-11-17-37(35)50-43(36)62-34;/h3,10-11,15,17,28-34,38-40,49H,1,4-9,12-14,16,18-27H2,2H3,(H3,51,52,53,55,57,58);/q;+1/p-1/t29-,30-,31?,32?,33?,34-,38+,39-,40+,48-;/m1./s1. The fourth-order valence-corrected chi connectivity index (χ4v) is 12.6. The van der Waals surface area contributed by atoms with Crippen molar-refractivity contribution in [1.29, 1.82) is 0 Å². The monoisotopic (exact) mass is 938 g/mol. The van der Waals surface area contributed by atoms with E-state index < -0.39 is 68.2 Å². The zero-order chi connectivity index (χ0) is 44.4. The topological polar surface area (TPSA) is 196 Å². The Morgan fingerprint density at radius 3 is 2.37 bits per heavy atom. The van der Waals surface area contributed by atoms with Gasteiger partial charge >= 0.3 is 57.5 Å². The van der Waals surface area contributed by atoms with E-state index >= 15 is 4.79 Å². The molecule has 4 saturated carbocycles. The maximum absolute atomic E-state index is 15.1. The van der Waals surface area contributed by atoms with Crippen molar-refractivity contribution in [1.82, 2.24) is 25.8 Å². The van der Waals surface area contributed by atoms with Crippen LogP contribution < -0.4 is 76.8 Å². The van der Waals surface area contributed by atoms with Gasteiger partial charge in [-0.15, -0.1) is 6.58 Å². The van der Waals surface area contributed by atoms with E-state index in [4.69, 9.17) is 19.2 Å². The molecule has 4 amide bonds. The summed E-state index contributed by atoms with van der Waals surface area (Å²) in [6, 6.07) is 6.71. The van der Waals surface area contributed by atoms with Crippen LogP contribution >= 0.6 is 0 Å². The Balaban J connectivity index is 0.00000533. The number of hydrogen-bond donors (Lipinski definition) is 3. The van der Waals surface area contributed by atoms with Crippen LogP contribution in [0.15, 0.2) is 36.9 Å². The molecule has 3 N–H and O–H groups in total. The van der Waals surface area contributed by atoms with Crippen molar-refractivity contribution in [3.05, 3.63) is 47.2 Å². The number of para-hydroxylation sites is 1. The van der Waals surface area contributed by atoms with Crippen molar-refractivity contribution in [3.8, 4) is 11.6 Å². The fraction of sp³-hybridized carbons (Fsp3) is 0.688. The van der Waals surface area contributed by atoms with E-state index in [1.165, 1.54) is 11.0 Å². The summed E-state index contributed by atoms with van der Waals surface area (Å²) in [5.41, 5.74) is -0.0189. The first-order valence-electron chi connectivity index (χ1n) is 24.1. The number of alkyl carbamates (subject to hydrolysis) is 1. The summed E-state index contributed by atoms with van der Waals surface area (Å²) in [4.78, 5) is 64.0. The average molecular weight is 939 g/mol. The van der Waals surface area contributed by atoms with Gasteiger partial charge in [-0.2, -0.15) is 0 Å². The minimum atomic E-state index is -4.13. The number of nitrogens with zero attached hydrogens (tertiary/aromatic N) is 3. The normalized spacial score (nSPS) is 34.4. The molecule has 3 saturated heterocycles. The molecule has 2 unspecified atom stereocenters. The number of carbonyl (C=O) groups excluding carboxylic acids is 4. The molecule has 9 atom stereocenters. The third-order valence-corrected chi connectivity index (χ3v) is 17.9. The number of aromatic nitrogens is 1. The van der Waals surface area contributed by atoms with Crippen LogP contribution in [0, 0.1) is 17.8 Å². The van der Waals surface area contributed by atoms with Crippen molar-refractivity contribution in [2.45, 2.75) is 182 Å². The molecule has 4 bridgehead atoms. The first-order chi connectivity index (χ1) is 30.8. The molecule has 17 heteroatoms. The van der Waals surface area contributed by atoms with Crippen LogP contribution in [0.2, 0.25) is 0 Å². The van der Waals surface area contributed by atoms with Crippen LogP contribution in [0.4, 0.5) is 4.79 Å². The first kappa shape index (κ1) is 47.3. The van der Waals surface area contributed by atoms with E-state index in [-0.39, 0.29) is 94.8 Å². The number of ether oxygens (including phenoxy) is 3. The number of benzene rings is 1. The zero-order valence-electron chi connectivity index (χ0n) is 37.9. The molecule has 4 aliphatic heterocycles. The van der Waals surface area contributed by atoms with Gasteiger partial charge in [-0.1, -0.05) is 50.3 Å². The molecule has 7 fully saturated rings. The van der Waals surface area contributed by atoms with Crippen LogP contribution in [-0.4, -0.2) is 101 Å². The Morgan fingerprint density at radius 1 is 0.954 bits per heavy atom. The second-order valence-electron chi connectivity index (χ2n) is 20.5. The molecule has 1 aromatic heterocycles. The molecular formula is C48H63KN6O9S. The Morgan fingerprint density at radius 2 is 1.66 bits per heavy atom. The Bertz CT molecular complexity index is 2290. The number of piperidine rings is 1. The second-order valence-corrected chi connectivity index (χ2v) is 22.6. The van der Waals surface area contributed by atoms with Gasteiger partial charge in [-0.3, -0.25) is 9.59 Å². The molecule has 4 aliphatic carbocycles. The molecule has 2 aromatic rings. The summed E-state index contributed by atoms with van der Waals surface area (Å²) in [5, 5.41) is 10.5. The fourth-order valence-electron chi connectivity index (χ4n) is 11.4. The van der Waals surface area contributed by atoms with Crippen LogP contribution in [0.1, 0.15) is 128 Å². The van der Waals surface area contributed by atoms with Gasteiger partial charge in [0.1, 0.15) is 46.2 Å². The predicted octanol–water partition coefficient (Wildman–Crippen LogP) is 3.27. The van der Waals surface area contributed by atoms with Crippen molar-refractivity contribution in [2.75, 3.05) is 6.54 Å². The van der Waals surface area contributed by atoms with E-state index in [9.17, 15) is 22.8 Å². The van der Waals surface area contributed by atoms with Crippen LogP contribution in [0.25, 0.3) is 15.6 Å². The van der Waals surface area contributed by atoms with E-state index in [2.05, 4.69) is 33.3 Å². The summed E-state index contributed by atoms with van der Waals surface area (Å²) in [6.07, 6.45) is 14.6. The van der Waals surface area contributed by atoms with E-state index in [1.807, 2.05) is 18.2 Å². The van der Waals surface area contributed by atoms with Crippen molar-refractivity contribution in [3.63, 3.8) is 0 Å². The minimum absolute atomic E-state index is 0. The Labute approximate surface area is 424 Å². The van der Waals surface area contributed by atoms with Crippen LogP contribution in [-0.2, 0) is 35.6 Å². The maximum Gasteiger partial charge on any atom is 1.00 e. The molecule has 8 aliphatic rings. The van der Waals surface area contributed by atoms with Crippen molar-refractivity contribution >= 4 is 44.7 Å². The summed E-state index contributed by atoms with van der Waals surface area (Å²) in [5.74, 6) is -1.27. The first-order valence-corrected chi connectivity index (χ1v) is 25.5. The molecule has 0 spiro atoms. The summed E-state index contributed by atoms with van der Waals surface area (Å²) >= 11 is 0. The molecular weight excluding hydrogens is 876 g/mol. The number of rotatable bonds is 9. The summed E-state index contributed by atoms with van der Waals surface area (Å²) in [6.45, 7) is 5.43. The third-order valence-electron chi connectivity index (χ3n) is 15.8. The number of amides is 4. The van der Waals surface area contributed by atoms with E-state index in [0.29, 0.717) is 37.2 Å². The van der Waals surface area contributed by atoms with Gasteiger partial charge in [0.25, 0.3) is 0 Å². The molecule has 5 heterocycles. The second kappa shape index (κ2) is 18.9. The van der Waals surface area contributed by atoms with Gasteiger partial charge < -0.3 is 44.6 Å². The maximum atomic E-state index is 15.1. The molecule has 346 valence electrons. The molecule has 0 radical (unpaired) electrons. The molecule has 65 heavy (non-hydrogen) atoms. The van der Waals surface area contributed by atoms with Gasteiger partial charge in [0.2, 0.25) is 17.7 Å². The largest absolute Gasteiger partial charge is 1.00 e. The van der Waals surface area contributed by atoms with E-state index in [0.717, 1.165) is 112 Å². The van der Waals surface area contributed by atoms with Gasteiger partial charge in [-0.25, -0.2) is 18.2 Å². The molecule has 1 aromatic carbocycles. The number of hydrogen-bond acceptors (Lipinski definition) is 11. The SMILES string of the molecule is C=C[C@@H]1C[C@]1(NC(=O)[C@@H]1C[C@@H]2CN1C(=O)[C@H](C1CCCCC1)NC(=O)O[C@@H]1C[C@H]1CCCCCc1c(nc3ccccc3c1OC1CC3CCC(C1)N3)O2)C(=O)[N-]S(=O)(=O)C1(C)CC1.[K+]. The number of sulfonamides is 1. The molecule has 10 rings (SSSR count). The Kier molecular flexibility index (Phi) is 13.8. The van der Waals surface area contributed by atoms with Gasteiger partial charge in [0, 0.05) is 29.8 Å². The smallest absolute Gasteiger partial charge is 0.543 e. The number of fused-ring (bicyclic) bond motifs is 7. The zero-order valence-corrected chi connectivity index (χ0v) is 41.9. The number of pyridine rings is 1. The predicted molar refractivity (Wildman–Crippen MR) is 238 cm³/mol. The quantitative estimate of drug-likeness (QED) is 0.247. The van der Waals surface area contributed by atoms with Crippen molar-refractivity contribution in [2.24, 2.45) is 17.8 Å². The van der Waals surface area contributed by atoms with Gasteiger partial charge in [-0.05, 0) is 114 Å². The minimum Gasteiger partial charge on any atom is -0.543 e. The summed E-state index contributed by atoms with van der Waals surface area (Å²) in [7, 11) is -4.13. The van der Waals surface area contributed by atoms with Crippen LogP contribution in [0.5, 0.6) is 11.6 Å². The van der Waals surface area contributed by atoms with E-state index in [1.54, 1.807) is 6.92 Å². The third kappa shape index (κ3) is 9.76. The number of nitrogens with one attached hydrogen (secondary N) is 3. The Hall–Kier alpha value is -2.80. The van der Waals surface area contributed by atoms with Crippen LogP contribution in [0.3, 0.4) is 0 Å². The number of carbonyl (C=O) groups is 4. The average Bonchev–Trinajstić information content (AvgIpc) is 4.24.